The molecule has 0 aliphatic carbocycles. The summed E-state index contributed by atoms with van der Waals surface area (Å²) in [6.07, 6.45) is 0. The van der Waals surface area contributed by atoms with Gasteiger partial charge in [0.25, 0.3) is 0 Å². The summed E-state index contributed by atoms with van der Waals surface area (Å²) in [7, 11) is 0. The Hall–Kier alpha value is -5.02. The highest BCUT2D eigenvalue weighted by atomic mass is 16.3. The van der Waals surface area contributed by atoms with Crippen molar-refractivity contribution in [2.75, 3.05) is 0 Å². The largest absolute Gasteiger partial charge is 0.456 e. The van der Waals surface area contributed by atoms with Gasteiger partial charge >= 0.3 is 0 Å². The monoisotopic (exact) mass is 581 g/mol. The maximum atomic E-state index is 6.29. The van der Waals surface area contributed by atoms with Crippen molar-refractivity contribution in [3.8, 4) is 5.69 Å². The van der Waals surface area contributed by atoms with Crippen molar-refractivity contribution in [1.29, 1.82) is 0 Å². The van der Waals surface area contributed by atoms with Crippen LogP contribution < -0.4 is 16.4 Å². The molecule has 0 saturated carbocycles. The molecule has 0 aliphatic heterocycles. The van der Waals surface area contributed by atoms with Gasteiger partial charge < -0.3 is 8.98 Å². The van der Waals surface area contributed by atoms with Crippen LogP contribution in [0.3, 0.4) is 0 Å². The highest BCUT2D eigenvalue weighted by molar-refractivity contribution is 6.96. The van der Waals surface area contributed by atoms with Gasteiger partial charge in [0.2, 0.25) is 6.71 Å². The molecule has 3 heteroatoms. The first-order valence-electron chi connectivity index (χ1n) is 15.9. The SMILES string of the molecule is Cc1cc(C)c(B(c2ccc(-n3c4ccccc4c4c5c(ccc43)oc3ccccc35)cc2)c2c(C)cc(C)cc2C)c(C)c1. The van der Waals surface area contributed by atoms with Gasteiger partial charge in [-0.2, -0.15) is 0 Å². The second-order valence-corrected chi connectivity index (χ2v) is 12.9. The molecule has 2 nitrogen and oxygen atoms in total. The molecular weight excluding hydrogens is 545 g/mol. The van der Waals surface area contributed by atoms with Crippen LogP contribution in [0.25, 0.3) is 49.4 Å². The predicted octanol–water partition coefficient (Wildman–Crippen LogP) is 9.05. The van der Waals surface area contributed by atoms with E-state index in [2.05, 4.69) is 149 Å². The van der Waals surface area contributed by atoms with Crippen molar-refractivity contribution in [3.63, 3.8) is 0 Å². The summed E-state index contributed by atoms with van der Waals surface area (Å²) in [5, 5.41) is 4.83. The van der Waals surface area contributed by atoms with Crippen LogP contribution in [0.4, 0.5) is 0 Å². The normalized spacial score (nSPS) is 11.8. The Morgan fingerprint density at radius 1 is 0.489 bits per heavy atom. The molecule has 0 bridgehead atoms. The van der Waals surface area contributed by atoms with Crippen LogP contribution in [-0.4, -0.2) is 11.3 Å². The molecule has 0 atom stereocenters. The minimum absolute atomic E-state index is 0.148. The molecule has 0 N–H and O–H groups in total. The number of furan rings is 1. The second kappa shape index (κ2) is 10.3. The molecule has 218 valence electrons. The van der Waals surface area contributed by atoms with E-state index >= 15 is 0 Å². The first kappa shape index (κ1) is 27.5. The van der Waals surface area contributed by atoms with Gasteiger partial charge in [-0.05, 0) is 77.9 Å². The molecule has 0 aliphatic rings. The Balaban J connectivity index is 1.36. The summed E-state index contributed by atoms with van der Waals surface area (Å²) in [6.45, 7) is 13.6. The van der Waals surface area contributed by atoms with Crippen molar-refractivity contribution in [3.05, 3.63) is 143 Å². The lowest BCUT2D eigenvalue weighted by molar-refractivity contribution is 0.669. The van der Waals surface area contributed by atoms with E-state index in [1.165, 1.54) is 77.0 Å². The number of benzene rings is 6. The maximum absolute atomic E-state index is 6.29. The zero-order chi connectivity index (χ0) is 31.0. The highest BCUT2D eigenvalue weighted by Gasteiger charge is 2.28. The van der Waals surface area contributed by atoms with Crippen LogP contribution in [-0.2, 0) is 0 Å². The van der Waals surface area contributed by atoms with Crippen molar-refractivity contribution in [2.24, 2.45) is 0 Å². The minimum atomic E-state index is 0.148. The van der Waals surface area contributed by atoms with Crippen LogP contribution in [0.1, 0.15) is 33.4 Å². The fourth-order valence-electron chi connectivity index (χ4n) is 8.14. The number of hydrogen-bond donors (Lipinski definition) is 0. The Morgan fingerprint density at radius 3 is 1.67 bits per heavy atom. The van der Waals surface area contributed by atoms with Gasteiger partial charge in [-0.25, -0.2) is 0 Å². The third-order valence-corrected chi connectivity index (χ3v) is 9.71. The molecule has 45 heavy (non-hydrogen) atoms. The predicted molar refractivity (Wildman–Crippen MR) is 194 cm³/mol. The van der Waals surface area contributed by atoms with Crippen molar-refractivity contribution in [2.45, 2.75) is 41.5 Å². The number of nitrogens with zero attached hydrogens (tertiary/aromatic N) is 1. The molecule has 2 aromatic heterocycles. The number of para-hydroxylation sites is 2. The highest BCUT2D eigenvalue weighted by Crippen LogP contribution is 2.40. The number of aryl methyl sites for hydroxylation is 6. The molecule has 0 spiro atoms. The standard InChI is InChI=1S/C42H36BNO/c1-25-21-27(3)41(28(4)22-25)43(42-29(5)23-26(2)24-30(42)6)31-15-17-32(18-16-31)44-35-13-9-7-11-33(35)39-36(44)19-20-38-40(39)34-12-8-10-14-37(34)45-38/h7-24H,1-6H3. The van der Waals surface area contributed by atoms with Crippen LogP contribution in [0, 0.1) is 41.5 Å². The lowest BCUT2D eigenvalue weighted by atomic mass is 9.34. The van der Waals surface area contributed by atoms with Gasteiger partial charge in [-0.15, -0.1) is 0 Å². The number of hydrogen-bond acceptors (Lipinski definition) is 1. The first-order valence-corrected chi connectivity index (χ1v) is 15.9. The maximum Gasteiger partial charge on any atom is 0.242 e. The molecule has 0 radical (unpaired) electrons. The van der Waals surface area contributed by atoms with Crippen LogP contribution in [0.15, 0.2) is 114 Å². The molecule has 0 unspecified atom stereocenters. The molecule has 6 aromatic carbocycles. The van der Waals surface area contributed by atoms with Crippen molar-refractivity contribution < 1.29 is 4.42 Å². The summed E-state index contributed by atoms with van der Waals surface area (Å²) < 4.78 is 8.71. The van der Waals surface area contributed by atoms with Gasteiger partial charge in [0.15, 0.2) is 0 Å². The summed E-state index contributed by atoms with van der Waals surface area (Å²) in [4.78, 5) is 0. The number of rotatable bonds is 4. The van der Waals surface area contributed by atoms with Crippen molar-refractivity contribution >= 4 is 66.8 Å². The molecular formula is C42H36BNO. The van der Waals surface area contributed by atoms with E-state index < -0.39 is 0 Å². The summed E-state index contributed by atoms with van der Waals surface area (Å²) in [5.74, 6) is 0. The molecule has 8 rings (SSSR count). The Kier molecular flexibility index (Phi) is 6.29. The Morgan fingerprint density at radius 2 is 1.04 bits per heavy atom. The van der Waals surface area contributed by atoms with E-state index in [1.54, 1.807) is 0 Å². The van der Waals surface area contributed by atoms with Gasteiger partial charge in [-0.1, -0.05) is 123 Å². The van der Waals surface area contributed by atoms with Gasteiger partial charge in [-0.3, -0.25) is 0 Å². The van der Waals surface area contributed by atoms with E-state index in [9.17, 15) is 0 Å². The lowest BCUT2D eigenvalue weighted by Gasteiger charge is -2.25. The van der Waals surface area contributed by atoms with Crippen LogP contribution in [0.2, 0.25) is 0 Å². The molecule has 2 heterocycles. The zero-order valence-corrected chi connectivity index (χ0v) is 26.8. The van der Waals surface area contributed by atoms with E-state index in [1.807, 2.05) is 6.07 Å². The average Bonchev–Trinajstić information content (AvgIpc) is 3.55. The van der Waals surface area contributed by atoms with E-state index in [0.717, 1.165) is 22.2 Å². The molecule has 0 fully saturated rings. The van der Waals surface area contributed by atoms with Gasteiger partial charge in [0, 0.05) is 27.2 Å². The summed E-state index contributed by atoms with van der Waals surface area (Å²) >= 11 is 0. The summed E-state index contributed by atoms with van der Waals surface area (Å²) in [5.41, 5.74) is 17.5. The first-order chi connectivity index (χ1) is 21.8. The minimum Gasteiger partial charge on any atom is -0.456 e. The Labute approximate surface area is 265 Å². The third-order valence-electron chi connectivity index (χ3n) is 9.71. The van der Waals surface area contributed by atoms with Crippen LogP contribution in [0.5, 0.6) is 0 Å². The van der Waals surface area contributed by atoms with Gasteiger partial charge in [0.05, 0.1) is 11.0 Å². The Bertz CT molecular complexity index is 2340. The van der Waals surface area contributed by atoms with Gasteiger partial charge in [0.1, 0.15) is 11.2 Å². The summed E-state index contributed by atoms with van der Waals surface area (Å²) in [6, 6.07) is 40.1. The zero-order valence-electron chi connectivity index (χ0n) is 26.8. The van der Waals surface area contributed by atoms with E-state index in [4.69, 9.17) is 4.42 Å². The number of fused-ring (bicyclic) bond motifs is 7. The quantitative estimate of drug-likeness (QED) is 0.190. The molecule has 0 amide bonds. The van der Waals surface area contributed by atoms with E-state index in [0.29, 0.717) is 0 Å². The van der Waals surface area contributed by atoms with Crippen molar-refractivity contribution in [1.82, 2.24) is 4.57 Å². The van der Waals surface area contributed by atoms with E-state index in [-0.39, 0.29) is 6.71 Å². The van der Waals surface area contributed by atoms with Crippen LogP contribution >= 0.6 is 0 Å². The third kappa shape index (κ3) is 4.25. The number of aromatic nitrogens is 1. The average molecular weight is 582 g/mol. The second-order valence-electron chi connectivity index (χ2n) is 12.9. The lowest BCUT2D eigenvalue weighted by Crippen LogP contribution is -2.55. The molecule has 8 aromatic rings. The fraction of sp³-hybridized carbons (Fsp3) is 0.143. The fourth-order valence-corrected chi connectivity index (χ4v) is 8.14. The molecule has 0 saturated heterocycles. The smallest absolute Gasteiger partial charge is 0.242 e. The topological polar surface area (TPSA) is 18.1 Å².